The lowest BCUT2D eigenvalue weighted by Crippen LogP contribution is -2.40. The number of benzene rings is 3. The van der Waals surface area contributed by atoms with E-state index < -0.39 is 18.0 Å². The van der Waals surface area contributed by atoms with E-state index in [1.807, 2.05) is 73.8 Å². The van der Waals surface area contributed by atoms with Crippen LogP contribution in [0.2, 0.25) is 0 Å². The number of rotatable bonds is 7. The first-order valence-electron chi connectivity index (χ1n) is 14.4. The fourth-order valence-corrected chi connectivity index (χ4v) is 6.35. The number of thiazole rings is 1. The van der Waals surface area contributed by atoms with Gasteiger partial charge in [0.05, 0.1) is 52.5 Å². The van der Waals surface area contributed by atoms with Gasteiger partial charge in [-0.1, -0.05) is 71.5 Å². The van der Waals surface area contributed by atoms with Gasteiger partial charge in [-0.25, -0.2) is 19.3 Å². The Hall–Kier alpha value is -5.35. The van der Waals surface area contributed by atoms with Crippen molar-refractivity contribution in [3.63, 3.8) is 0 Å². The predicted octanol–water partition coefficient (Wildman–Crippen LogP) is 4.75. The molecule has 226 valence electrons. The van der Waals surface area contributed by atoms with E-state index >= 15 is 0 Å². The quantitative estimate of drug-likeness (QED) is 0.244. The summed E-state index contributed by atoms with van der Waals surface area (Å²) in [6.07, 6.45) is 3.73. The van der Waals surface area contributed by atoms with Crippen molar-refractivity contribution in [2.24, 2.45) is 4.99 Å². The van der Waals surface area contributed by atoms with Gasteiger partial charge in [-0.05, 0) is 56.7 Å². The Labute approximate surface area is 263 Å². The summed E-state index contributed by atoms with van der Waals surface area (Å²) in [4.78, 5) is 44.7. The van der Waals surface area contributed by atoms with Crippen LogP contribution in [0.25, 0.3) is 23.0 Å². The first kappa shape index (κ1) is 29.7. The molecule has 45 heavy (non-hydrogen) atoms. The lowest BCUT2D eigenvalue weighted by Gasteiger charge is -2.24. The molecule has 9 nitrogen and oxygen atoms in total. The van der Waals surface area contributed by atoms with E-state index in [4.69, 9.17) is 14.6 Å². The Bertz CT molecular complexity index is 2120. The van der Waals surface area contributed by atoms with E-state index in [1.165, 1.54) is 23.0 Å². The Morgan fingerprint density at radius 1 is 0.956 bits per heavy atom. The van der Waals surface area contributed by atoms with Crippen molar-refractivity contribution in [2.45, 2.75) is 26.8 Å². The topological polar surface area (TPSA) is 105 Å². The van der Waals surface area contributed by atoms with Crippen LogP contribution in [0.3, 0.4) is 0 Å². The lowest BCUT2D eigenvalue weighted by molar-refractivity contribution is -0.139. The van der Waals surface area contributed by atoms with Crippen molar-refractivity contribution >= 4 is 29.4 Å². The second-order valence-electron chi connectivity index (χ2n) is 10.5. The van der Waals surface area contributed by atoms with Crippen LogP contribution in [0, 0.1) is 6.92 Å². The average Bonchev–Trinajstić information content (AvgIpc) is 3.61. The molecule has 1 atom stereocenters. The van der Waals surface area contributed by atoms with Crippen LogP contribution in [0.1, 0.15) is 46.9 Å². The number of ether oxygens (including phenoxy) is 2. The van der Waals surface area contributed by atoms with E-state index in [0.717, 1.165) is 28.1 Å². The van der Waals surface area contributed by atoms with Gasteiger partial charge in [0, 0.05) is 17.3 Å². The molecule has 1 aliphatic heterocycles. The molecular formula is C35H30N4O5S. The monoisotopic (exact) mass is 618 g/mol. The Morgan fingerprint density at radius 3 is 2.33 bits per heavy atom. The number of hydrogen-bond donors (Lipinski definition) is 0. The zero-order valence-corrected chi connectivity index (χ0v) is 26.0. The lowest BCUT2D eigenvalue weighted by atomic mass is 9.95. The number of hydrogen-bond acceptors (Lipinski definition) is 8. The molecule has 0 saturated carbocycles. The number of aryl methyl sites for hydroxylation is 1. The number of carbonyl (C=O) groups is 2. The smallest absolute Gasteiger partial charge is 0.338 e. The summed E-state index contributed by atoms with van der Waals surface area (Å²) in [6.45, 7) is 5.66. The highest BCUT2D eigenvalue weighted by Gasteiger charge is 2.33. The van der Waals surface area contributed by atoms with Crippen LogP contribution in [0.15, 0.2) is 106 Å². The molecule has 10 heteroatoms. The first-order valence-corrected chi connectivity index (χ1v) is 15.2. The fourth-order valence-electron chi connectivity index (χ4n) is 5.31. The number of fused-ring (bicyclic) bond motifs is 1. The van der Waals surface area contributed by atoms with Crippen LogP contribution in [-0.2, 0) is 14.3 Å². The van der Waals surface area contributed by atoms with Crippen molar-refractivity contribution < 1.29 is 19.1 Å². The molecule has 0 fully saturated rings. The maximum atomic E-state index is 14.2. The predicted molar refractivity (Wildman–Crippen MR) is 172 cm³/mol. The molecule has 0 N–H and O–H groups in total. The molecular weight excluding hydrogens is 588 g/mol. The number of allylic oxidation sites excluding steroid dienone is 1. The van der Waals surface area contributed by atoms with E-state index in [0.29, 0.717) is 26.2 Å². The maximum Gasteiger partial charge on any atom is 0.338 e. The number of aromatic nitrogens is 3. The Kier molecular flexibility index (Phi) is 8.14. The van der Waals surface area contributed by atoms with Crippen molar-refractivity contribution in [3.8, 4) is 16.9 Å². The van der Waals surface area contributed by atoms with E-state index in [2.05, 4.69) is 4.99 Å². The molecule has 0 bridgehead atoms. The second kappa shape index (κ2) is 12.3. The summed E-state index contributed by atoms with van der Waals surface area (Å²) in [5.41, 5.74) is 5.81. The van der Waals surface area contributed by atoms with Crippen LogP contribution in [0.5, 0.6) is 0 Å². The number of carbonyl (C=O) groups excluding carboxylic acids is 2. The zero-order valence-electron chi connectivity index (χ0n) is 25.2. The molecule has 6 rings (SSSR count). The minimum atomic E-state index is -0.808. The molecule has 0 saturated heterocycles. The van der Waals surface area contributed by atoms with Crippen molar-refractivity contribution in [2.75, 3.05) is 13.7 Å². The van der Waals surface area contributed by atoms with Crippen LogP contribution < -0.4 is 14.9 Å². The highest BCUT2D eigenvalue weighted by Crippen LogP contribution is 2.31. The number of esters is 2. The third kappa shape index (κ3) is 5.67. The van der Waals surface area contributed by atoms with Gasteiger partial charge in [0.1, 0.15) is 0 Å². The summed E-state index contributed by atoms with van der Waals surface area (Å²) in [7, 11) is 1.31. The maximum absolute atomic E-state index is 14.2. The van der Waals surface area contributed by atoms with Crippen LogP contribution >= 0.6 is 11.3 Å². The fraction of sp³-hybridized carbons (Fsp3) is 0.171. The molecule has 5 aromatic rings. The van der Waals surface area contributed by atoms with Crippen molar-refractivity contribution in [1.82, 2.24) is 14.3 Å². The number of nitrogens with zero attached hydrogens (tertiary/aromatic N) is 4. The van der Waals surface area contributed by atoms with Crippen molar-refractivity contribution in [1.29, 1.82) is 0 Å². The van der Waals surface area contributed by atoms with Crippen LogP contribution in [-0.4, -0.2) is 40.0 Å². The summed E-state index contributed by atoms with van der Waals surface area (Å²) in [5.74, 6) is -1.04. The third-order valence-electron chi connectivity index (χ3n) is 7.54. The Balaban J connectivity index is 1.54. The molecule has 2 aromatic heterocycles. The molecule has 3 heterocycles. The summed E-state index contributed by atoms with van der Waals surface area (Å²) in [5, 5.41) is 4.90. The van der Waals surface area contributed by atoms with Gasteiger partial charge < -0.3 is 9.47 Å². The summed E-state index contributed by atoms with van der Waals surface area (Å²) < 4.78 is 14.0. The van der Waals surface area contributed by atoms with Gasteiger partial charge in [0.25, 0.3) is 5.56 Å². The Morgan fingerprint density at radius 2 is 1.67 bits per heavy atom. The van der Waals surface area contributed by atoms with Crippen LogP contribution in [0.4, 0.5) is 0 Å². The summed E-state index contributed by atoms with van der Waals surface area (Å²) >= 11 is 1.24. The molecule has 3 aromatic carbocycles. The van der Waals surface area contributed by atoms with E-state index in [-0.39, 0.29) is 17.7 Å². The van der Waals surface area contributed by atoms with Gasteiger partial charge in [0.15, 0.2) is 4.80 Å². The standard InChI is InChI=1S/C35H30N4O5S/c1-5-44-34(42)29-22(3)36-35-39(31(29)24-15-17-25(18-16-24)33(41)43-4)32(40)28(45-35)19-26-20-38(27-9-7-6-8-10-27)37-30(26)23-13-11-21(2)12-14-23/h6-20,31H,5H2,1-4H3. The molecule has 0 amide bonds. The minimum absolute atomic E-state index is 0.168. The van der Waals surface area contributed by atoms with E-state index in [9.17, 15) is 14.4 Å². The third-order valence-corrected chi connectivity index (χ3v) is 8.52. The molecule has 1 aliphatic rings. The first-order chi connectivity index (χ1) is 21.8. The molecule has 0 spiro atoms. The second-order valence-corrected chi connectivity index (χ2v) is 11.5. The minimum Gasteiger partial charge on any atom is -0.465 e. The van der Waals surface area contributed by atoms with Gasteiger partial charge in [-0.2, -0.15) is 5.10 Å². The zero-order chi connectivity index (χ0) is 31.7. The largest absolute Gasteiger partial charge is 0.465 e. The molecule has 1 unspecified atom stereocenters. The van der Waals surface area contributed by atoms with Gasteiger partial charge in [-0.15, -0.1) is 0 Å². The molecule has 0 radical (unpaired) electrons. The van der Waals surface area contributed by atoms with Gasteiger partial charge in [0.2, 0.25) is 0 Å². The number of methoxy groups -OCH3 is 1. The van der Waals surface area contributed by atoms with Crippen molar-refractivity contribution in [3.05, 3.63) is 138 Å². The van der Waals surface area contributed by atoms with Gasteiger partial charge >= 0.3 is 11.9 Å². The van der Waals surface area contributed by atoms with Gasteiger partial charge in [-0.3, -0.25) is 9.36 Å². The summed E-state index contributed by atoms with van der Waals surface area (Å²) in [6, 6.07) is 23.7. The SMILES string of the molecule is CCOC(=O)C1=C(C)N=c2sc(=Cc3cn(-c4ccccc4)nc3-c3ccc(C)cc3)c(=O)n2C1c1ccc(C(=O)OC)cc1. The number of para-hydroxylation sites is 1. The van der Waals surface area contributed by atoms with E-state index in [1.54, 1.807) is 42.8 Å². The average molecular weight is 619 g/mol. The highest BCUT2D eigenvalue weighted by molar-refractivity contribution is 7.07. The normalized spacial score (nSPS) is 14.6. The highest BCUT2D eigenvalue weighted by atomic mass is 32.1. The molecule has 0 aliphatic carbocycles.